The van der Waals surface area contributed by atoms with Crippen molar-refractivity contribution in [2.75, 3.05) is 32.1 Å². The van der Waals surface area contributed by atoms with Crippen molar-refractivity contribution in [3.8, 4) is 11.3 Å². The van der Waals surface area contributed by atoms with Crippen LogP contribution in [0.1, 0.15) is 41.9 Å². The van der Waals surface area contributed by atoms with E-state index >= 15 is 0 Å². The van der Waals surface area contributed by atoms with Crippen molar-refractivity contribution in [1.29, 1.82) is 0 Å². The summed E-state index contributed by atoms with van der Waals surface area (Å²) in [5.41, 5.74) is 6.28. The Bertz CT molecular complexity index is 1860. The van der Waals surface area contributed by atoms with Crippen molar-refractivity contribution in [3.05, 3.63) is 129 Å². The molecule has 0 aliphatic carbocycles. The molecule has 1 aromatic heterocycles. The van der Waals surface area contributed by atoms with Gasteiger partial charge >= 0.3 is 0 Å². The number of amides is 1. The van der Waals surface area contributed by atoms with Crippen LogP contribution >= 0.6 is 34.8 Å². The van der Waals surface area contributed by atoms with Crippen LogP contribution in [0.2, 0.25) is 15.1 Å². The lowest BCUT2D eigenvalue weighted by Crippen LogP contribution is -2.35. The number of fused-ring (bicyclic) bond motifs is 2. The Morgan fingerprint density at radius 2 is 1.58 bits per heavy atom. The van der Waals surface area contributed by atoms with Crippen LogP contribution in [0, 0.1) is 0 Å². The van der Waals surface area contributed by atoms with Gasteiger partial charge in [0.2, 0.25) is 0 Å². The number of rotatable bonds is 5. The van der Waals surface area contributed by atoms with Gasteiger partial charge in [0.1, 0.15) is 5.69 Å². The highest BCUT2D eigenvalue weighted by atomic mass is 35.5. The first-order valence-corrected chi connectivity index (χ1v) is 16.0. The average Bonchev–Trinajstić information content (AvgIpc) is 3.22. The molecule has 4 aromatic carbocycles. The van der Waals surface area contributed by atoms with E-state index in [1.54, 1.807) is 4.90 Å². The van der Waals surface area contributed by atoms with Crippen LogP contribution in [0.4, 0.5) is 5.69 Å². The maximum atomic E-state index is 12.9. The first kappa shape index (κ1) is 32.5. The second-order valence-corrected chi connectivity index (χ2v) is 12.3. The van der Waals surface area contributed by atoms with Crippen molar-refractivity contribution in [2.24, 2.45) is 4.99 Å². The number of likely N-dealkylation sites (N-methyl/N-ethyl adjacent to an activating group) is 1. The topological polar surface area (TPSA) is 48.8 Å². The van der Waals surface area contributed by atoms with Crippen LogP contribution in [0.15, 0.2) is 102 Å². The summed E-state index contributed by atoms with van der Waals surface area (Å²) in [5.74, 6) is -0.0755. The number of anilines is 1. The van der Waals surface area contributed by atoms with Gasteiger partial charge in [-0.15, -0.1) is 0 Å². The fourth-order valence-corrected chi connectivity index (χ4v) is 5.75. The number of nitrogens with zero attached hydrogens (tertiary/aromatic N) is 4. The molecule has 1 atom stereocenters. The molecule has 0 spiro atoms. The van der Waals surface area contributed by atoms with Gasteiger partial charge in [-0.25, -0.2) is 4.98 Å². The minimum atomic E-state index is -0.0755. The standard InChI is InChI=1S/C21H21ClN2O.C16H14Cl2N2/c1-4-14(2)24(3)21(25)19-13-15-9-5-6-10-16(15)20(23-19)17-11-7-8-12-18(17)22;1-20-9-8-19-16(11-2-4-12(17)5-3-11)14-10-13(18)6-7-15(14)20/h5-14H,4H2,1-3H3;2-7,10H,8-9H2,1H3. The van der Waals surface area contributed by atoms with E-state index in [1.165, 1.54) is 0 Å². The summed E-state index contributed by atoms with van der Waals surface area (Å²) in [6.45, 7) is 5.76. The smallest absolute Gasteiger partial charge is 0.272 e. The Hall–Kier alpha value is -3.90. The van der Waals surface area contributed by atoms with Gasteiger partial charge in [-0.2, -0.15) is 0 Å². The van der Waals surface area contributed by atoms with Crippen LogP contribution in [0.25, 0.3) is 22.0 Å². The summed E-state index contributed by atoms with van der Waals surface area (Å²) in [7, 11) is 3.90. The summed E-state index contributed by atoms with van der Waals surface area (Å²) >= 11 is 18.5. The van der Waals surface area contributed by atoms with E-state index in [-0.39, 0.29) is 11.9 Å². The van der Waals surface area contributed by atoms with Gasteiger partial charge in [-0.1, -0.05) is 96.3 Å². The van der Waals surface area contributed by atoms with E-state index in [0.29, 0.717) is 10.7 Å². The van der Waals surface area contributed by atoms with Gasteiger partial charge in [0.25, 0.3) is 5.91 Å². The van der Waals surface area contributed by atoms with E-state index in [1.807, 2.05) is 105 Å². The molecule has 0 radical (unpaired) electrons. The Balaban J connectivity index is 0.000000182. The largest absolute Gasteiger partial charge is 0.372 e. The molecule has 8 heteroatoms. The fourth-order valence-electron chi connectivity index (χ4n) is 5.22. The zero-order chi connectivity index (χ0) is 32.1. The van der Waals surface area contributed by atoms with Gasteiger partial charge in [0, 0.05) is 69.5 Å². The second-order valence-electron chi connectivity index (χ2n) is 11.1. The molecule has 0 bridgehead atoms. The van der Waals surface area contributed by atoms with Crippen LogP contribution < -0.4 is 4.90 Å². The van der Waals surface area contributed by atoms with Crippen LogP contribution in [-0.4, -0.2) is 54.7 Å². The van der Waals surface area contributed by atoms with Crippen molar-refractivity contribution in [1.82, 2.24) is 9.88 Å². The Kier molecular flexibility index (Phi) is 10.4. The predicted octanol–water partition coefficient (Wildman–Crippen LogP) is 9.71. The Morgan fingerprint density at radius 3 is 2.31 bits per heavy atom. The molecular formula is C37H35Cl3N4O. The van der Waals surface area contributed by atoms with E-state index in [4.69, 9.17) is 44.8 Å². The monoisotopic (exact) mass is 656 g/mol. The lowest BCUT2D eigenvalue weighted by atomic mass is 10.0. The third kappa shape index (κ3) is 7.33. The fraction of sp³-hybridized carbons (Fsp3) is 0.216. The van der Waals surface area contributed by atoms with E-state index in [2.05, 4.69) is 24.9 Å². The highest BCUT2D eigenvalue weighted by Gasteiger charge is 2.21. The Morgan fingerprint density at radius 1 is 0.889 bits per heavy atom. The van der Waals surface area contributed by atoms with Crippen molar-refractivity contribution in [3.63, 3.8) is 0 Å². The number of halogens is 3. The summed E-state index contributed by atoms with van der Waals surface area (Å²) in [6, 6.07) is 31.3. The molecule has 1 aliphatic rings. The third-order valence-corrected chi connectivity index (χ3v) is 8.93. The molecule has 2 heterocycles. The normalized spacial score (nSPS) is 13.2. The summed E-state index contributed by atoms with van der Waals surface area (Å²) in [6.07, 6.45) is 0.896. The van der Waals surface area contributed by atoms with Gasteiger partial charge < -0.3 is 9.80 Å². The van der Waals surface area contributed by atoms with E-state index < -0.39 is 0 Å². The number of benzodiazepines with no additional fused rings is 1. The number of pyridine rings is 1. The van der Waals surface area contributed by atoms with Crippen molar-refractivity contribution in [2.45, 2.75) is 26.3 Å². The van der Waals surface area contributed by atoms with E-state index in [0.717, 1.165) is 74.1 Å². The molecule has 0 fully saturated rings. The maximum Gasteiger partial charge on any atom is 0.272 e. The van der Waals surface area contributed by atoms with Crippen LogP contribution in [0.5, 0.6) is 0 Å². The molecule has 0 saturated heterocycles. The quantitative estimate of drug-likeness (QED) is 0.189. The molecular weight excluding hydrogens is 623 g/mol. The van der Waals surface area contributed by atoms with Crippen LogP contribution in [0.3, 0.4) is 0 Å². The number of hydrogen-bond donors (Lipinski definition) is 0. The maximum absolute atomic E-state index is 12.9. The number of benzene rings is 4. The number of aromatic nitrogens is 1. The summed E-state index contributed by atoms with van der Waals surface area (Å²) in [5, 5.41) is 4.04. The lowest BCUT2D eigenvalue weighted by Gasteiger charge is -2.24. The lowest BCUT2D eigenvalue weighted by molar-refractivity contribution is 0.0735. The number of carbonyl (C=O) groups excluding carboxylic acids is 1. The zero-order valence-corrected chi connectivity index (χ0v) is 28.0. The summed E-state index contributed by atoms with van der Waals surface area (Å²) in [4.78, 5) is 26.3. The SMILES string of the molecule is CCC(C)N(C)C(=O)c1cc2ccccc2c(-c2ccccc2Cl)n1.CN1CCN=C(c2ccc(Cl)cc2)c2cc(Cl)ccc21. The van der Waals surface area contributed by atoms with Crippen molar-refractivity contribution >= 4 is 62.9 Å². The van der Waals surface area contributed by atoms with Gasteiger partial charge in [-0.3, -0.25) is 9.79 Å². The zero-order valence-electron chi connectivity index (χ0n) is 25.8. The Labute approximate surface area is 280 Å². The van der Waals surface area contributed by atoms with Gasteiger partial charge in [0.15, 0.2) is 0 Å². The third-order valence-electron chi connectivity index (χ3n) is 8.11. The minimum Gasteiger partial charge on any atom is -0.372 e. The molecule has 0 saturated carbocycles. The average molecular weight is 658 g/mol. The van der Waals surface area contributed by atoms with Gasteiger partial charge in [0.05, 0.1) is 18.0 Å². The second kappa shape index (κ2) is 14.5. The highest BCUT2D eigenvalue weighted by Crippen LogP contribution is 2.33. The molecule has 1 aliphatic heterocycles. The number of hydrogen-bond acceptors (Lipinski definition) is 4. The molecule has 1 amide bonds. The predicted molar refractivity (Wildman–Crippen MR) is 191 cm³/mol. The van der Waals surface area contributed by atoms with Crippen LogP contribution in [-0.2, 0) is 0 Å². The first-order valence-electron chi connectivity index (χ1n) is 14.9. The number of aliphatic imine (C=N–C) groups is 1. The minimum absolute atomic E-state index is 0.0755. The highest BCUT2D eigenvalue weighted by molar-refractivity contribution is 6.33. The molecule has 1 unspecified atom stereocenters. The number of carbonyl (C=O) groups is 1. The molecule has 0 N–H and O–H groups in total. The van der Waals surface area contributed by atoms with E-state index in [9.17, 15) is 4.79 Å². The molecule has 6 rings (SSSR count). The molecule has 230 valence electrons. The van der Waals surface area contributed by atoms with Gasteiger partial charge in [-0.05, 0) is 61.2 Å². The molecule has 5 nitrogen and oxygen atoms in total. The molecule has 45 heavy (non-hydrogen) atoms. The van der Waals surface area contributed by atoms with Crippen molar-refractivity contribution < 1.29 is 4.79 Å². The summed E-state index contributed by atoms with van der Waals surface area (Å²) < 4.78 is 0. The molecule has 5 aromatic rings. The first-order chi connectivity index (χ1) is 21.7.